The summed E-state index contributed by atoms with van der Waals surface area (Å²) in [4.78, 5) is 0. The molecule has 2 aromatic heterocycles. The van der Waals surface area contributed by atoms with Crippen molar-refractivity contribution in [1.29, 1.82) is 0 Å². The third-order valence-electron chi connectivity index (χ3n) is 2.79. The summed E-state index contributed by atoms with van der Waals surface area (Å²) in [5.74, 6) is 0.894. The number of hydrogen-bond donors (Lipinski definition) is 0. The molecule has 0 N–H and O–H groups in total. The summed E-state index contributed by atoms with van der Waals surface area (Å²) in [7, 11) is 1.90. The molecular formula is C13H11ClN3. The van der Waals surface area contributed by atoms with Gasteiger partial charge in [-0.15, -0.1) is 0 Å². The predicted molar refractivity (Wildman–Crippen MR) is 68.6 cm³/mol. The van der Waals surface area contributed by atoms with Crippen LogP contribution in [-0.4, -0.2) is 14.3 Å². The largest absolute Gasteiger partial charge is 0.299 e. The lowest BCUT2D eigenvalue weighted by atomic mass is 10.2. The highest BCUT2D eigenvalue weighted by Gasteiger charge is 2.11. The molecule has 0 atom stereocenters. The summed E-state index contributed by atoms with van der Waals surface area (Å²) in [6, 6.07) is 11.3. The van der Waals surface area contributed by atoms with E-state index in [-0.39, 0.29) is 0 Å². The maximum absolute atomic E-state index is 6.22. The van der Waals surface area contributed by atoms with Gasteiger partial charge in [-0.05, 0) is 13.0 Å². The minimum Gasteiger partial charge on any atom is -0.299 e. The molecule has 0 bridgehead atoms. The Hall–Kier alpha value is -1.74. The van der Waals surface area contributed by atoms with Crippen LogP contribution >= 0.6 is 11.6 Å². The summed E-state index contributed by atoms with van der Waals surface area (Å²) < 4.78 is 3.82. The van der Waals surface area contributed by atoms with E-state index in [4.69, 9.17) is 11.6 Å². The smallest absolute Gasteiger partial charge is 0.143 e. The normalized spacial score (nSPS) is 11.2. The molecule has 1 radical (unpaired) electrons. The molecule has 0 aliphatic heterocycles. The number of nitrogens with zero attached hydrogens (tertiary/aromatic N) is 3. The molecular weight excluding hydrogens is 234 g/mol. The number of para-hydroxylation sites is 1. The number of fused-ring (bicyclic) bond motifs is 1. The maximum Gasteiger partial charge on any atom is 0.143 e. The van der Waals surface area contributed by atoms with Crippen molar-refractivity contribution in [1.82, 2.24) is 14.3 Å². The van der Waals surface area contributed by atoms with E-state index < -0.39 is 0 Å². The Morgan fingerprint density at radius 2 is 2.06 bits per heavy atom. The molecule has 2 heterocycles. The molecule has 0 amide bonds. The summed E-state index contributed by atoms with van der Waals surface area (Å²) >= 11 is 6.22. The molecule has 0 saturated heterocycles. The first-order valence-corrected chi connectivity index (χ1v) is 5.73. The quantitative estimate of drug-likeness (QED) is 0.645. The van der Waals surface area contributed by atoms with Gasteiger partial charge in [-0.1, -0.05) is 29.8 Å². The predicted octanol–water partition coefficient (Wildman–Crippen LogP) is 3.13. The average molecular weight is 245 g/mol. The number of aryl methyl sites for hydroxylation is 2. The lowest BCUT2D eigenvalue weighted by Gasteiger charge is -2.04. The van der Waals surface area contributed by atoms with Gasteiger partial charge in [-0.2, -0.15) is 5.10 Å². The van der Waals surface area contributed by atoms with Gasteiger partial charge in [0.2, 0.25) is 0 Å². The fraction of sp³-hybridized carbons (Fsp3) is 0.154. The molecule has 4 heteroatoms. The second-order valence-corrected chi connectivity index (χ2v) is 4.43. The van der Waals surface area contributed by atoms with Gasteiger partial charge >= 0.3 is 0 Å². The zero-order chi connectivity index (χ0) is 12.0. The molecule has 85 valence electrons. The molecule has 3 aromatic rings. The van der Waals surface area contributed by atoms with E-state index in [0.29, 0.717) is 0 Å². The van der Waals surface area contributed by atoms with Crippen LogP contribution in [0.5, 0.6) is 0 Å². The third kappa shape index (κ3) is 1.54. The minimum absolute atomic E-state index is 0.743. The number of halogens is 1. The minimum atomic E-state index is 0.743. The SMILES string of the molecule is Cc1[c]c(-n2cc(Cl)c3ccccc32)n(C)n1. The van der Waals surface area contributed by atoms with Crippen molar-refractivity contribution < 1.29 is 0 Å². The van der Waals surface area contributed by atoms with Crippen molar-refractivity contribution in [2.24, 2.45) is 7.05 Å². The van der Waals surface area contributed by atoms with E-state index in [0.717, 1.165) is 27.4 Å². The van der Waals surface area contributed by atoms with Crippen molar-refractivity contribution in [2.45, 2.75) is 6.92 Å². The molecule has 0 fully saturated rings. The van der Waals surface area contributed by atoms with Crippen LogP contribution in [0.2, 0.25) is 5.02 Å². The van der Waals surface area contributed by atoms with Gasteiger partial charge in [-0.25, -0.2) is 0 Å². The Morgan fingerprint density at radius 3 is 2.76 bits per heavy atom. The topological polar surface area (TPSA) is 22.8 Å². The van der Waals surface area contributed by atoms with Gasteiger partial charge in [-0.3, -0.25) is 9.25 Å². The molecule has 0 saturated carbocycles. The fourth-order valence-corrected chi connectivity index (χ4v) is 2.33. The van der Waals surface area contributed by atoms with Crippen LogP contribution in [0.15, 0.2) is 30.5 Å². The highest BCUT2D eigenvalue weighted by Crippen LogP contribution is 2.28. The molecule has 3 nitrogen and oxygen atoms in total. The highest BCUT2D eigenvalue weighted by atomic mass is 35.5. The van der Waals surface area contributed by atoms with Gasteiger partial charge in [0, 0.05) is 18.6 Å². The second-order valence-electron chi connectivity index (χ2n) is 4.02. The van der Waals surface area contributed by atoms with Crippen LogP contribution in [0.25, 0.3) is 16.7 Å². The van der Waals surface area contributed by atoms with Gasteiger partial charge in [0.15, 0.2) is 0 Å². The first kappa shape index (κ1) is 10.4. The monoisotopic (exact) mass is 244 g/mol. The van der Waals surface area contributed by atoms with Gasteiger partial charge in [0.05, 0.1) is 22.3 Å². The fourth-order valence-electron chi connectivity index (χ4n) is 2.07. The first-order chi connectivity index (χ1) is 8.16. The van der Waals surface area contributed by atoms with E-state index >= 15 is 0 Å². The lowest BCUT2D eigenvalue weighted by Crippen LogP contribution is -2.01. The molecule has 17 heavy (non-hydrogen) atoms. The number of hydrogen-bond acceptors (Lipinski definition) is 1. The Bertz CT molecular complexity index is 694. The van der Waals surface area contributed by atoms with Gasteiger partial charge in [0.1, 0.15) is 5.82 Å². The van der Waals surface area contributed by atoms with Gasteiger partial charge in [0.25, 0.3) is 0 Å². The number of benzene rings is 1. The summed E-state index contributed by atoms with van der Waals surface area (Å²) in [6.07, 6.45) is 1.90. The Balaban J connectivity index is 2.34. The van der Waals surface area contributed by atoms with E-state index in [1.165, 1.54) is 0 Å². The Morgan fingerprint density at radius 1 is 1.29 bits per heavy atom. The molecule has 3 rings (SSSR count). The van der Waals surface area contributed by atoms with Crippen LogP contribution < -0.4 is 0 Å². The van der Waals surface area contributed by atoms with Crippen molar-refractivity contribution in [2.75, 3.05) is 0 Å². The Labute approximate surface area is 104 Å². The van der Waals surface area contributed by atoms with Crippen molar-refractivity contribution in [3.05, 3.63) is 47.2 Å². The van der Waals surface area contributed by atoms with Crippen LogP contribution in [-0.2, 0) is 7.05 Å². The van der Waals surface area contributed by atoms with E-state index in [9.17, 15) is 0 Å². The van der Waals surface area contributed by atoms with Crippen LogP contribution in [0.4, 0.5) is 0 Å². The Kier molecular flexibility index (Phi) is 2.23. The molecule has 1 aromatic carbocycles. The van der Waals surface area contributed by atoms with Crippen LogP contribution in [0.3, 0.4) is 0 Å². The second kappa shape index (κ2) is 3.64. The zero-order valence-electron chi connectivity index (χ0n) is 9.61. The lowest BCUT2D eigenvalue weighted by molar-refractivity contribution is 0.728. The summed E-state index contributed by atoms with van der Waals surface area (Å²) in [5, 5.41) is 6.09. The maximum atomic E-state index is 6.22. The standard InChI is InChI=1S/C13H11ClN3/c1-9-7-13(16(2)15-9)17-8-11(14)10-5-3-4-6-12(10)17/h3-6,8H,1-2H3. The highest BCUT2D eigenvalue weighted by molar-refractivity contribution is 6.35. The summed E-state index contributed by atoms with van der Waals surface area (Å²) in [6.45, 7) is 1.93. The number of aromatic nitrogens is 3. The van der Waals surface area contributed by atoms with Crippen molar-refractivity contribution in [3.63, 3.8) is 0 Å². The average Bonchev–Trinajstić information content (AvgIpc) is 2.80. The third-order valence-corrected chi connectivity index (χ3v) is 3.09. The van der Waals surface area contributed by atoms with E-state index in [1.54, 1.807) is 4.68 Å². The van der Waals surface area contributed by atoms with Crippen molar-refractivity contribution >= 4 is 22.5 Å². The molecule has 0 spiro atoms. The van der Waals surface area contributed by atoms with E-state index in [1.807, 2.05) is 49.0 Å². The molecule has 0 unspecified atom stereocenters. The zero-order valence-corrected chi connectivity index (χ0v) is 10.4. The summed E-state index contributed by atoms with van der Waals surface area (Å²) in [5.41, 5.74) is 1.94. The molecule has 0 aliphatic rings. The van der Waals surface area contributed by atoms with Crippen molar-refractivity contribution in [3.8, 4) is 5.82 Å². The van der Waals surface area contributed by atoms with Gasteiger partial charge < -0.3 is 0 Å². The number of rotatable bonds is 1. The first-order valence-electron chi connectivity index (χ1n) is 5.35. The van der Waals surface area contributed by atoms with Crippen LogP contribution in [0, 0.1) is 13.0 Å². The van der Waals surface area contributed by atoms with E-state index in [2.05, 4.69) is 11.2 Å². The molecule has 0 aliphatic carbocycles. The van der Waals surface area contributed by atoms with Crippen LogP contribution in [0.1, 0.15) is 5.69 Å².